The SMILES string of the molecule is C=C(CBr)C(=O)N(Cc1ccc(OC)cc1OC)[C@@H](CC(C)C)C(=O)NCC(=O)OCC. The van der Waals surface area contributed by atoms with Crippen molar-refractivity contribution < 1.29 is 28.6 Å². The fourth-order valence-electron chi connectivity index (χ4n) is 3.06. The molecule has 32 heavy (non-hydrogen) atoms. The maximum absolute atomic E-state index is 13.2. The molecule has 0 spiro atoms. The number of carbonyl (C=O) groups excluding carboxylic acids is 3. The molecule has 0 aliphatic rings. The topological polar surface area (TPSA) is 94.2 Å². The molecule has 0 fully saturated rings. The van der Waals surface area contributed by atoms with E-state index < -0.39 is 17.9 Å². The highest BCUT2D eigenvalue weighted by Gasteiger charge is 2.32. The summed E-state index contributed by atoms with van der Waals surface area (Å²) in [7, 11) is 3.08. The number of rotatable bonds is 13. The minimum absolute atomic E-state index is 0.110. The highest BCUT2D eigenvalue weighted by atomic mass is 79.9. The number of nitrogens with zero attached hydrogens (tertiary/aromatic N) is 1. The number of methoxy groups -OCH3 is 2. The maximum atomic E-state index is 13.2. The highest BCUT2D eigenvalue weighted by molar-refractivity contribution is 9.09. The standard InChI is InChI=1S/C23H33BrN2O6/c1-7-32-21(27)13-25-22(28)19(10-15(2)3)26(23(29)16(4)12-24)14-17-8-9-18(30-5)11-20(17)31-6/h8-9,11,15,19H,4,7,10,12-14H2,1-3,5-6H3,(H,25,28)/t19-/m0/s1. The Morgan fingerprint density at radius 2 is 1.88 bits per heavy atom. The van der Waals surface area contributed by atoms with Gasteiger partial charge >= 0.3 is 5.97 Å². The van der Waals surface area contributed by atoms with Gasteiger partial charge in [0.2, 0.25) is 5.91 Å². The number of hydrogen-bond donors (Lipinski definition) is 1. The van der Waals surface area contributed by atoms with Crippen LogP contribution in [0.4, 0.5) is 0 Å². The lowest BCUT2D eigenvalue weighted by Crippen LogP contribution is -2.51. The van der Waals surface area contributed by atoms with Gasteiger partial charge in [-0.05, 0) is 31.4 Å². The van der Waals surface area contributed by atoms with Crippen molar-refractivity contribution in [3.05, 3.63) is 35.9 Å². The molecule has 1 N–H and O–H groups in total. The number of ether oxygens (including phenoxy) is 3. The normalized spacial score (nSPS) is 11.5. The van der Waals surface area contributed by atoms with E-state index in [1.165, 1.54) is 12.0 Å². The van der Waals surface area contributed by atoms with Gasteiger partial charge in [-0.3, -0.25) is 14.4 Å². The number of alkyl halides is 1. The van der Waals surface area contributed by atoms with E-state index in [9.17, 15) is 14.4 Å². The van der Waals surface area contributed by atoms with Gasteiger partial charge < -0.3 is 24.4 Å². The van der Waals surface area contributed by atoms with Crippen molar-refractivity contribution in [3.8, 4) is 11.5 Å². The van der Waals surface area contributed by atoms with Gasteiger partial charge in [0, 0.05) is 22.5 Å². The minimum Gasteiger partial charge on any atom is -0.497 e. The lowest BCUT2D eigenvalue weighted by Gasteiger charge is -2.33. The second-order valence-electron chi connectivity index (χ2n) is 7.52. The Balaban J connectivity index is 3.31. The number of nitrogens with one attached hydrogen (secondary N) is 1. The number of carbonyl (C=O) groups is 3. The number of benzene rings is 1. The predicted molar refractivity (Wildman–Crippen MR) is 126 cm³/mol. The molecule has 1 aromatic carbocycles. The summed E-state index contributed by atoms with van der Waals surface area (Å²) in [5.74, 6) is -0.0879. The first kappa shape index (κ1) is 27.5. The van der Waals surface area contributed by atoms with Crippen LogP contribution in [0.3, 0.4) is 0 Å². The van der Waals surface area contributed by atoms with Gasteiger partial charge in [-0.25, -0.2) is 0 Å². The summed E-state index contributed by atoms with van der Waals surface area (Å²) in [5, 5.41) is 2.86. The van der Waals surface area contributed by atoms with Crippen LogP contribution in [0.1, 0.15) is 32.8 Å². The van der Waals surface area contributed by atoms with Gasteiger partial charge in [-0.1, -0.05) is 36.4 Å². The molecule has 1 rings (SSSR count). The monoisotopic (exact) mass is 512 g/mol. The zero-order valence-corrected chi connectivity index (χ0v) is 21.0. The number of amides is 2. The summed E-state index contributed by atoms with van der Waals surface area (Å²) in [6.45, 7) is 9.50. The summed E-state index contributed by atoms with van der Waals surface area (Å²) < 4.78 is 15.6. The molecule has 0 aliphatic heterocycles. The summed E-state index contributed by atoms with van der Waals surface area (Å²) >= 11 is 3.27. The number of hydrogen-bond acceptors (Lipinski definition) is 6. The van der Waals surface area contributed by atoms with Crippen LogP contribution < -0.4 is 14.8 Å². The predicted octanol–water partition coefficient (Wildman–Crippen LogP) is 3.08. The van der Waals surface area contributed by atoms with Crippen LogP contribution in [0.25, 0.3) is 0 Å². The Bertz CT molecular complexity index is 812. The van der Waals surface area contributed by atoms with Gasteiger partial charge in [-0.15, -0.1) is 0 Å². The van der Waals surface area contributed by atoms with E-state index in [0.717, 1.165) is 0 Å². The maximum Gasteiger partial charge on any atom is 0.325 e. The van der Waals surface area contributed by atoms with E-state index in [0.29, 0.717) is 29.1 Å². The zero-order chi connectivity index (χ0) is 24.3. The average molecular weight is 513 g/mol. The minimum atomic E-state index is -0.820. The molecular weight excluding hydrogens is 480 g/mol. The lowest BCUT2D eigenvalue weighted by molar-refractivity contribution is -0.145. The highest BCUT2D eigenvalue weighted by Crippen LogP contribution is 2.28. The van der Waals surface area contributed by atoms with Crippen LogP contribution in [0.5, 0.6) is 11.5 Å². The van der Waals surface area contributed by atoms with Crippen LogP contribution in [-0.2, 0) is 25.7 Å². The molecule has 1 aromatic rings. The number of esters is 1. The smallest absolute Gasteiger partial charge is 0.325 e. The molecule has 8 nitrogen and oxygen atoms in total. The van der Waals surface area contributed by atoms with Crippen molar-refractivity contribution in [1.29, 1.82) is 0 Å². The largest absolute Gasteiger partial charge is 0.497 e. The second kappa shape index (κ2) is 13.8. The molecule has 1 atom stereocenters. The van der Waals surface area contributed by atoms with E-state index in [2.05, 4.69) is 27.8 Å². The molecule has 0 aromatic heterocycles. The van der Waals surface area contributed by atoms with E-state index in [-0.39, 0.29) is 36.9 Å². The van der Waals surface area contributed by atoms with E-state index >= 15 is 0 Å². The summed E-state index contributed by atoms with van der Waals surface area (Å²) in [5.41, 5.74) is 1.01. The van der Waals surface area contributed by atoms with E-state index in [4.69, 9.17) is 14.2 Å². The molecule has 2 amide bonds. The van der Waals surface area contributed by atoms with Crippen molar-refractivity contribution in [2.24, 2.45) is 5.92 Å². The van der Waals surface area contributed by atoms with Gasteiger partial charge in [0.25, 0.3) is 5.91 Å². The summed E-state index contributed by atoms with van der Waals surface area (Å²) in [6.07, 6.45) is 0.397. The fourth-order valence-corrected chi connectivity index (χ4v) is 3.30. The van der Waals surface area contributed by atoms with Crippen LogP contribution in [0.2, 0.25) is 0 Å². The molecular formula is C23H33BrN2O6. The molecule has 0 saturated heterocycles. The van der Waals surface area contributed by atoms with Gasteiger partial charge in [0.05, 0.1) is 27.4 Å². The first-order valence-corrected chi connectivity index (χ1v) is 11.5. The third kappa shape index (κ3) is 8.18. The molecule has 0 unspecified atom stereocenters. The summed E-state index contributed by atoms with van der Waals surface area (Å²) in [4.78, 5) is 39.5. The van der Waals surface area contributed by atoms with Crippen molar-refractivity contribution >= 4 is 33.7 Å². The van der Waals surface area contributed by atoms with Crippen LogP contribution in [0, 0.1) is 5.92 Å². The number of halogens is 1. The fraction of sp³-hybridized carbons (Fsp3) is 0.522. The third-order valence-corrected chi connectivity index (χ3v) is 5.32. The molecule has 0 radical (unpaired) electrons. The quantitative estimate of drug-likeness (QED) is 0.248. The first-order valence-electron chi connectivity index (χ1n) is 10.4. The van der Waals surface area contributed by atoms with Crippen LogP contribution in [-0.4, -0.2) is 61.4 Å². The van der Waals surface area contributed by atoms with Gasteiger partial charge in [0.1, 0.15) is 24.1 Å². The lowest BCUT2D eigenvalue weighted by atomic mass is 9.99. The van der Waals surface area contributed by atoms with Crippen molar-refractivity contribution in [2.75, 3.05) is 32.7 Å². The Kier molecular flexibility index (Phi) is 11.8. The van der Waals surface area contributed by atoms with Gasteiger partial charge in [0.15, 0.2) is 0 Å². The molecule has 0 heterocycles. The molecule has 178 valence electrons. The summed E-state index contributed by atoms with van der Waals surface area (Å²) in [6, 6.07) is 4.45. The second-order valence-corrected chi connectivity index (χ2v) is 8.08. The molecule has 0 aliphatic carbocycles. The van der Waals surface area contributed by atoms with Crippen LogP contribution in [0.15, 0.2) is 30.4 Å². The van der Waals surface area contributed by atoms with Gasteiger partial charge in [-0.2, -0.15) is 0 Å². The van der Waals surface area contributed by atoms with Crippen LogP contribution >= 0.6 is 15.9 Å². The van der Waals surface area contributed by atoms with Crippen molar-refractivity contribution in [1.82, 2.24) is 10.2 Å². The van der Waals surface area contributed by atoms with Crippen molar-refractivity contribution in [3.63, 3.8) is 0 Å². The molecule has 0 bridgehead atoms. The Morgan fingerprint density at radius 3 is 2.41 bits per heavy atom. The third-order valence-electron chi connectivity index (χ3n) is 4.65. The zero-order valence-electron chi connectivity index (χ0n) is 19.4. The Hall–Kier alpha value is -2.55. The first-order chi connectivity index (χ1) is 15.2. The van der Waals surface area contributed by atoms with E-state index in [1.54, 1.807) is 32.2 Å². The van der Waals surface area contributed by atoms with E-state index in [1.807, 2.05) is 13.8 Å². The Morgan fingerprint density at radius 1 is 1.19 bits per heavy atom. The van der Waals surface area contributed by atoms with Crippen molar-refractivity contribution in [2.45, 2.75) is 39.8 Å². The Labute approximate surface area is 198 Å². The average Bonchev–Trinajstić information content (AvgIpc) is 2.78. The molecule has 9 heteroatoms. The molecule has 0 saturated carbocycles.